The van der Waals surface area contributed by atoms with Crippen LogP contribution in [-0.4, -0.2) is 31.4 Å². The molecule has 2 nitrogen and oxygen atoms in total. The Morgan fingerprint density at radius 3 is 2.36 bits per heavy atom. The van der Waals surface area contributed by atoms with Gasteiger partial charge in [-0.1, -0.05) is 20.3 Å². The Hall–Kier alpha value is 0.0674. The molecule has 62 valence electrons. The molecule has 0 rings (SSSR count). The fraction of sp³-hybridized carbons (Fsp3) is 0.875. The zero-order chi connectivity index (χ0) is 7.82. The van der Waals surface area contributed by atoms with Crippen LogP contribution in [0.4, 0.5) is 0 Å². The van der Waals surface area contributed by atoms with Crippen LogP contribution in [-0.2, 0) is 9.53 Å². The van der Waals surface area contributed by atoms with E-state index in [1.807, 2.05) is 6.92 Å². The van der Waals surface area contributed by atoms with Gasteiger partial charge in [-0.25, -0.2) is 0 Å². The molecular formula is C8H17LiO2. The van der Waals surface area contributed by atoms with Crippen LogP contribution in [0.25, 0.3) is 0 Å². The van der Waals surface area contributed by atoms with Gasteiger partial charge in [0.1, 0.15) is 0 Å². The second kappa shape index (κ2) is 10.1. The van der Waals surface area contributed by atoms with Gasteiger partial charge in [0.25, 0.3) is 0 Å². The first-order valence-electron chi connectivity index (χ1n) is 3.96. The molecule has 0 N–H and O–H groups in total. The second-order valence-electron chi connectivity index (χ2n) is 2.32. The zero-order valence-corrected chi connectivity index (χ0v) is 6.85. The molecule has 11 heavy (non-hydrogen) atoms. The molecule has 0 saturated heterocycles. The zero-order valence-electron chi connectivity index (χ0n) is 6.85. The van der Waals surface area contributed by atoms with E-state index in [4.69, 9.17) is 4.74 Å². The monoisotopic (exact) mass is 152 g/mol. The summed E-state index contributed by atoms with van der Waals surface area (Å²) in [5.74, 6) is -0.0593. The summed E-state index contributed by atoms with van der Waals surface area (Å²) in [4.78, 5) is 10.7. The average molecular weight is 152 g/mol. The van der Waals surface area contributed by atoms with Crippen molar-refractivity contribution in [2.45, 2.75) is 39.5 Å². The molecule has 0 bridgehead atoms. The number of rotatable bonds is 5. The van der Waals surface area contributed by atoms with Crippen molar-refractivity contribution < 1.29 is 9.53 Å². The van der Waals surface area contributed by atoms with Gasteiger partial charge in [-0.2, -0.15) is 0 Å². The molecule has 0 aromatic carbocycles. The molecule has 0 fully saturated rings. The van der Waals surface area contributed by atoms with Gasteiger partial charge in [-0.15, -0.1) is 0 Å². The molecule has 0 heterocycles. The second-order valence-corrected chi connectivity index (χ2v) is 2.32. The van der Waals surface area contributed by atoms with Gasteiger partial charge >= 0.3 is 24.8 Å². The van der Waals surface area contributed by atoms with Crippen molar-refractivity contribution in [3.05, 3.63) is 0 Å². The molecule has 0 radical (unpaired) electrons. The van der Waals surface area contributed by atoms with Crippen LogP contribution < -0.4 is 0 Å². The van der Waals surface area contributed by atoms with Crippen LogP contribution in [0, 0.1) is 0 Å². The standard InChI is InChI=1S/C8H16O2.Li.H/c1-3-5-7-10-8(9)6-4-2;;/h3-7H2,1-2H3;;. The Balaban J connectivity index is 0. The van der Waals surface area contributed by atoms with E-state index in [9.17, 15) is 4.79 Å². The molecule has 0 aromatic rings. The summed E-state index contributed by atoms with van der Waals surface area (Å²) in [6, 6.07) is 0. The van der Waals surface area contributed by atoms with Gasteiger partial charge in [0.15, 0.2) is 0 Å². The molecule has 0 aliphatic rings. The van der Waals surface area contributed by atoms with E-state index in [0.29, 0.717) is 13.0 Å². The van der Waals surface area contributed by atoms with Crippen LogP contribution in [0.15, 0.2) is 0 Å². The third-order valence-electron chi connectivity index (χ3n) is 1.22. The van der Waals surface area contributed by atoms with E-state index in [0.717, 1.165) is 19.3 Å². The first-order chi connectivity index (χ1) is 4.81. The van der Waals surface area contributed by atoms with Crippen molar-refractivity contribution >= 4 is 24.8 Å². The van der Waals surface area contributed by atoms with Crippen molar-refractivity contribution in [3.8, 4) is 0 Å². The maximum absolute atomic E-state index is 10.7. The summed E-state index contributed by atoms with van der Waals surface area (Å²) >= 11 is 0. The molecule has 0 aliphatic heterocycles. The number of carbonyl (C=O) groups is 1. The Kier molecular flexibility index (Phi) is 12.5. The Morgan fingerprint density at radius 1 is 1.27 bits per heavy atom. The van der Waals surface area contributed by atoms with E-state index in [1.165, 1.54) is 0 Å². The summed E-state index contributed by atoms with van der Waals surface area (Å²) < 4.78 is 4.88. The Bertz CT molecular complexity index is 94.1. The fourth-order valence-electron chi connectivity index (χ4n) is 0.607. The summed E-state index contributed by atoms with van der Waals surface area (Å²) in [7, 11) is 0. The molecule has 0 aromatic heterocycles. The SMILES string of the molecule is CCCCOC(=O)CCC.[LiH]. The quantitative estimate of drug-likeness (QED) is 0.339. The van der Waals surface area contributed by atoms with Gasteiger partial charge in [0.2, 0.25) is 0 Å². The molecule has 0 amide bonds. The van der Waals surface area contributed by atoms with Crippen molar-refractivity contribution in [1.29, 1.82) is 0 Å². The topological polar surface area (TPSA) is 26.3 Å². The van der Waals surface area contributed by atoms with Crippen LogP contribution in [0.5, 0.6) is 0 Å². The number of ether oxygens (including phenoxy) is 1. The number of hydrogen-bond acceptors (Lipinski definition) is 2. The van der Waals surface area contributed by atoms with Crippen LogP contribution in [0.3, 0.4) is 0 Å². The fourth-order valence-corrected chi connectivity index (χ4v) is 0.607. The number of carbonyl (C=O) groups excluding carboxylic acids is 1. The minimum absolute atomic E-state index is 0. The molecular weight excluding hydrogens is 135 g/mol. The molecule has 0 spiro atoms. The van der Waals surface area contributed by atoms with Crippen LogP contribution in [0.1, 0.15) is 39.5 Å². The van der Waals surface area contributed by atoms with Crippen LogP contribution >= 0.6 is 0 Å². The Labute approximate surface area is 80.9 Å². The summed E-state index contributed by atoms with van der Waals surface area (Å²) in [6.45, 7) is 4.64. The average Bonchev–Trinajstić information content (AvgIpc) is 1.89. The van der Waals surface area contributed by atoms with Crippen molar-refractivity contribution in [1.82, 2.24) is 0 Å². The molecule has 0 saturated carbocycles. The molecule has 0 aliphatic carbocycles. The van der Waals surface area contributed by atoms with Gasteiger partial charge in [-0.3, -0.25) is 4.79 Å². The third-order valence-corrected chi connectivity index (χ3v) is 1.22. The summed E-state index contributed by atoms with van der Waals surface area (Å²) in [6.07, 6.45) is 3.50. The first-order valence-corrected chi connectivity index (χ1v) is 3.96. The van der Waals surface area contributed by atoms with Gasteiger partial charge in [0.05, 0.1) is 6.61 Å². The van der Waals surface area contributed by atoms with Gasteiger partial charge < -0.3 is 4.74 Å². The third kappa shape index (κ3) is 10.1. The maximum atomic E-state index is 10.7. The molecule has 0 atom stereocenters. The predicted molar refractivity (Wildman–Crippen MR) is 47.9 cm³/mol. The summed E-state index contributed by atoms with van der Waals surface area (Å²) in [5, 5.41) is 0. The van der Waals surface area contributed by atoms with E-state index in [2.05, 4.69) is 6.92 Å². The van der Waals surface area contributed by atoms with E-state index < -0.39 is 0 Å². The molecule has 0 unspecified atom stereocenters. The van der Waals surface area contributed by atoms with E-state index in [-0.39, 0.29) is 24.8 Å². The van der Waals surface area contributed by atoms with E-state index in [1.54, 1.807) is 0 Å². The normalized spacial score (nSPS) is 8.55. The minimum atomic E-state index is -0.0593. The van der Waals surface area contributed by atoms with Crippen molar-refractivity contribution in [3.63, 3.8) is 0 Å². The van der Waals surface area contributed by atoms with Crippen molar-refractivity contribution in [2.75, 3.05) is 6.61 Å². The van der Waals surface area contributed by atoms with Crippen molar-refractivity contribution in [2.24, 2.45) is 0 Å². The number of hydrogen-bond donors (Lipinski definition) is 0. The number of esters is 1. The van der Waals surface area contributed by atoms with Gasteiger partial charge in [0, 0.05) is 6.42 Å². The van der Waals surface area contributed by atoms with E-state index >= 15 is 0 Å². The summed E-state index contributed by atoms with van der Waals surface area (Å²) in [5.41, 5.74) is 0. The van der Waals surface area contributed by atoms with Gasteiger partial charge in [-0.05, 0) is 12.8 Å². The Morgan fingerprint density at radius 2 is 1.91 bits per heavy atom. The molecule has 3 heteroatoms. The van der Waals surface area contributed by atoms with Crippen LogP contribution in [0.2, 0.25) is 0 Å². The predicted octanol–water partition coefficient (Wildman–Crippen LogP) is 1.48. The number of unbranched alkanes of at least 4 members (excludes halogenated alkanes) is 1. The first kappa shape index (κ1) is 13.6.